The van der Waals surface area contributed by atoms with Crippen molar-refractivity contribution in [3.05, 3.63) is 29.8 Å². The summed E-state index contributed by atoms with van der Waals surface area (Å²) in [6.07, 6.45) is 0.931. The Morgan fingerprint density at radius 3 is 2.26 bits per heavy atom. The molecule has 0 atom stereocenters. The second-order valence-corrected chi connectivity index (χ2v) is 7.19. The molecule has 1 aromatic rings. The van der Waals surface area contributed by atoms with Crippen LogP contribution in [0.5, 0.6) is 0 Å². The van der Waals surface area contributed by atoms with E-state index in [9.17, 15) is 13.5 Å². The molecule has 1 heterocycles. The van der Waals surface area contributed by atoms with Crippen molar-refractivity contribution in [2.75, 3.05) is 13.1 Å². The van der Waals surface area contributed by atoms with Gasteiger partial charge in [0, 0.05) is 19.6 Å². The second-order valence-electron chi connectivity index (χ2n) is 5.25. The maximum atomic E-state index is 12.4. The molecule has 0 unspecified atom stereocenters. The third-order valence-electron chi connectivity index (χ3n) is 3.60. The molecule has 0 saturated carbocycles. The van der Waals surface area contributed by atoms with Crippen molar-refractivity contribution in [1.82, 2.24) is 4.31 Å². The van der Waals surface area contributed by atoms with Crippen molar-refractivity contribution in [3.8, 4) is 0 Å². The summed E-state index contributed by atoms with van der Waals surface area (Å²) < 4.78 is 26.3. The van der Waals surface area contributed by atoms with Gasteiger partial charge < -0.3 is 10.8 Å². The monoisotopic (exact) mass is 284 g/mol. The zero-order chi connectivity index (χ0) is 14.1. The number of piperidine rings is 1. The second kappa shape index (κ2) is 5.20. The average Bonchev–Trinajstić information content (AvgIpc) is 2.38. The molecule has 1 aliphatic heterocycles. The fourth-order valence-corrected chi connectivity index (χ4v) is 3.60. The summed E-state index contributed by atoms with van der Waals surface area (Å²) in [5, 5.41) is 9.86. The molecule has 1 fully saturated rings. The molecule has 19 heavy (non-hydrogen) atoms. The molecular formula is C13H20N2O3S. The fourth-order valence-electron chi connectivity index (χ4n) is 2.15. The molecule has 1 aliphatic rings. The minimum Gasteiger partial charge on any atom is -0.390 e. The smallest absolute Gasteiger partial charge is 0.243 e. The molecule has 1 aromatic carbocycles. The number of aliphatic hydroxyl groups is 1. The Morgan fingerprint density at radius 2 is 1.79 bits per heavy atom. The van der Waals surface area contributed by atoms with Gasteiger partial charge in [-0.1, -0.05) is 12.1 Å². The van der Waals surface area contributed by atoms with Crippen LogP contribution in [-0.4, -0.2) is 36.5 Å². The van der Waals surface area contributed by atoms with Gasteiger partial charge in [0.1, 0.15) is 0 Å². The van der Waals surface area contributed by atoms with Gasteiger partial charge in [0.05, 0.1) is 10.5 Å². The minimum absolute atomic E-state index is 0.284. The van der Waals surface area contributed by atoms with E-state index in [1.54, 1.807) is 31.2 Å². The predicted molar refractivity (Wildman–Crippen MR) is 73.0 cm³/mol. The maximum absolute atomic E-state index is 12.4. The van der Waals surface area contributed by atoms with Crippen molar-refractivity contribution < 1.29 is 13.5 Å². The van der Waals surface area contributed by atoms with Crippen LogP contribution in [-0.2, 0) is 16.6 Å². The van der Waals surface area contributed by atoms with Gasteiger partial charge in [-0.15, -0.1) is 0 Å². The lowest BCUT2D eigenvalue weighted by Crippen LogP contribution is -2.45. The molecule has 5 nitrogen and oxygen atoms in total. The highest BCUT2D eigenvalue weighted by molar-refractivity contribution is 7.89. The van der Waals surface area contributed by atoms with Crippen LogP contribution in [0.4, 0.5) is 0 Å². The lowest BCUT2D eigenvalue weighted by Gasteiger charge is -2.34. The number of benzene rings is 1. The summed E-state index contributed by atoms with van der Waals surface area (Å²) in [7, 11) is -3.46. The van der Waals surface area contributed by atoms with Gasteiger partial charge in [-0.25, -0.2) is 8.42 Å². The summed E-state index contributed by atoms with van der Waals surface area (Å²) in [5.74, 6) is 0. The van der Waals surface area contributed by atoms with E-state index in [-0.39, 0.29) is 4.90 Å². The average molecular weight is 284 g/mol. The van der Waals surface area contributed by atoms with Crippen molar-refractivity contribution >= 4 is 10.0 Å². The first kappa shape index (κ1) is 14.5. The SMILES string of the molecule is CC1(O)CCN(S(=O)(=O)c2ccc(CN)cc2)CC1. The Bertz CT molecular complexity index is 528. The Labute approximate surface area is 114 Å². The van der Waals surface area contributed by atoms with Crippen molar-refractivity contribution in [2.45, 2.75) is 36.8 Å². The molecular weight excluding hydrogens is 264 g/mol. The number of nitrogens with zero attached hydrogens (tertiary/aromatic N) is 1. The van der Waals surface area contributed by atoms with Crippen LogP contribution in [0.1, 0.15) is 25.3 Å². The fraction of sp³-hybridized carbons (Fsp3) is 0.538. The topological polar surface area (TPSA) is 83.6 Å². The standard InChI is InChI=1S/C13H20N2O3S/c1-13(16)6-8-15(9-7-13)19(17,18)12-4-2-11(10-14)3-5-12/h2-5,16H,6-10,14H2,1H3. The summed E-state index contributed by atoms with van der Waals surface area (Å²) >= 11 is 0. The number of hydrogen-bond acceptors (Lipinski definition) is 4. The summed E-state index contributed by atoms with van der Waals surface area (Å²) in [6, 6.07) is 6.63. The zero-order valence-electron chi connectivity index (χ0n) is 11.0. The van der Waals surface area contributed by atoms with Crippen LogP contribution in [0.25, 0.3) is 0 Å². The van der Waals surface area contributed by atoms with Gasteiger partial charge >= 0.3 is 0 Å². The molecule has 6 heteroatoms. The van der Waals surface area contributed by atoms with Gasteiger partial charge in [0.25, 0.3) is 0 Å². The first-order valence-electron chi connectivity index (χ1n) is 6.37. The highest BCUT2D eigenvalue weighted by atomic mass is 32.2. The Kier molecular flexibility index (Phi) is 3.96. The van der Waals surface area contributed by atoms with Gasteiger partial charge in [0.15, 0.2) is 0 Å². The van der Waals surface area contributed by atoms with Crippen molar-refractivity contribution in [3.63, 3.8) is 0 Å². The largest absolute Gasteiger partial charge is 0.390 e. The van der Waals surface area contributed by atoms with E-state index in [4.69, 9.17) is 5.73 Å². The number of hydrogen-bond donors (Lipinski definition) is 2. The molecule has 1 saturated heterocycles. The van der Waals surface area contributed by atoms with E-state index in [0.29, 0.717) is 32.5 Å². The lowest BCUT2D eigenvalue weighted by molar-refractivity contribution is 0.0126. The van der Waals surface area contributed by atoms with Crippen LogP contribution in [0.15, 0.2) is 29.2 Å². The van der Waals surface area contributed by atoms with Crippen molar-refractivity contribution in [1.29, 1.82) is 0 Å². The Hall–Kier alpha value is -0.950. The highest BCUT2D eigenvalue weighted by Crippen LogP contribution is 2.26. The Balaban J connectivity index is 2.18. The summed E-state index contributed by atoms with van der Waals surface area (Å²) in [4.78, 5) is 0.284. The summed E-state index contributed by atoms with van der Waals surface area (Å²) in [6.45, 7) is 2.85. The lowest BCUT2D eigenvalue weighted by atomic mass is 9.95. The van der Waals surface area contributed by atoms with Crippen molar-refractivity contribution in [2.24, 2.45) is 5.73 Å². The highest BCUT2D eigenvalue weighted by Gasteiger charge is 2.33. The number of nitrogens with two attached hydrogens (primary N) is 1. The molecule has 0 bridgehead atoms. The Morgan fingerprint density at radius 1 is 1.26 bits per heavy atom. The van der Waals surface area contributed by atoms with E-state index < -0.39 is 15.6 Å². The molecule has 2 rings (SSSR count). The molecule has 3 N–H and O–H groups in total. The molecule has 0 radical (unpaired) electrons. The van der Waals surface area contributed by atoms with E-state index in [0.717, 1.165) is 5.56 Å². The zero-order valence-corrected chi connectivity index (χ0v) is 11.9. The molecule has 0 aliphatic carbocycles. The van der Waals surface area contributed by atoms with E-state index in [2.05, 4.69) is 0 Å². The molecule has 0 aromatic heterocycles. The first-order chi connectivity index (χ1) is 8.85. The quantitative estimate of drug-likeness (QED) is 0.855. The number of sulfonamides is 1. The minimum atomic E-state index is -3.46. The van der Waals surface area contributed by atoms with E-state index in [1.807, 2.05) is 0 Å². The summed E-state index contributed by atoms with van der Waals surface area (Å²) in [5.41, 5.74) is 5.64. The first-order valence-corrected chi connectivity index (χ1v) is 7.81. The number of rotatable bonds is 3. The van der Waals surface area contributed by atoms with Gasteiger partial charge in [0.2, 0.25) is 10.0 Å². The van der Waals surface area contributed by atoms with Crippen LogP contribution in [0.3, 0.4) is 0 Å². The molecule has 106 valence electrons. The normalized spacial score (nSPS) is 20.4. The molecule has 0 amide bonds. The predicted octanol–water partition coefficient (Wildman–Crippen LogP) is 0.681. The van der Waals surface area contributed by atoms with Crippen LogP contribution in [0, 0.1) is 0 Å². The van der Waals surface area contributed by atoms with Gasteiger partial charge in [-0.3, -0.25) is 0 Å². The van der Waals surface area contributed by atoms with Gasteiger partial charge in [-0.05, 0) is 37.5 Å². The van der Waals surface area contributed by atoms with E-state index >= 15 is 0 Å². The molecule has 0 spiro atoms. The third-order valence-corrected chi connectivity index (χ3v) is 5.51. The van der Waals surface area contributed by atoms with Crippen LogP contribution < -0.4 is 5.73 Å². The van der Waals surface area contributed by atoms with Crippen LogP contribution in [0.2, 0.25) is 0 Å². The third kappa shape index (κ3) is 3.14. The van der Waals surface area contributed by atoms with Crippen LogP contribution >= 0.6 is 0 Å². The van der Waals surface area contributed by atoms with E-state index in [1.165, 1.54) is 4.31 Å². The maximum Gasteiger partial charge on any atom is 0.243 e. The van der Waals surface area contributed by atoms with Gasteiger partial charge in [-0.2, -0.15) is 4.31 Å².